The Hall–Kier alpha value is -2.38. The van der Waals surface area contributed by atoms with Crippen molar-refractivity contribution in [1.29, 1.82) is 0 Å². The van der Waals surface area contributed by atoms with Gasteiger partial charge in [0.15, 0.2) is 0 Å². The number of carbonyl (C=O) groups is 1. The second-order valence-electron chi connectivity index (χ2n) is 5.70. The Labute approximate surface area is 148 Å². The minimum absolute atomic E-state index is 0.170. The Balaban J connectivity index is 1.93. The van der Waals surface area contributed by atoms with E-state index in [0.717, 1.165) is 21.2 Å². The first-order valence-electron chi connectivity index (χ1n) is 7.75. The molecule has 2 aromatic carbocycles. The summed E-state index contributed by atoms with van der Waals surface area (Å²) in [5, 5.41) is 2.71. The Bertz CT molecular complexity index is 815. The largest absolute Gasteiger partial charge is 0.497 e. The first kappa shape index (κ1) is 19.0. The second-order valence-corrected chi connectivity index (χ2v) is 7.74. The number of methoxy groups -OCH3 is 1. The van der Waals surface area contributed by atoms with Crippen LogP contribution < -0.4 is 10.1 Å². The maximum Gasteiger partial charge on any atom is 0.243 e. The van der Waals surface area contributed by atoms with Crippen molar-refractivity contribution in [1.82, 2.24) is 9.62 Å². The number of rotatable bonds is 7. The number of hydrogen-bond acceptors (Lipinski definition) is 4. The quantitative estimate of drug-likeness (QED) is 0.817. The number of ether oxygens (including phenoxy) is 1. The number of benzene rings is 2. The average Bonchev–Trinajstić information content (AvgIpc) is 2.60. The summed E-state index contributed by atoms with van der Waals surface area (Å²) in [6, 6.07) is 13.8. The Morgan fingerprint density at radius 1 is 1.08 bits per heavy atom. The van der Waals surface area contributed by atoms with Crippen LogP contribution in [0.1, 0.15) is 11.1 Å². The third kappa shape index (κ3) is 5.04. The monoisotopic (exact) mass is 362 g/mol. The van der Waals surface area contributed by atoms with Crippen LogP contribution in [-0.2, 0) is 21.4 Å². The molecule has 0 aliphatic rings. The van der Waals surface area contributed by atoms with Crippen molar-refractivity contribution in [3.63, 3.8) is 0 Å². The van der Waals surface area contributed by atoms with Gasteiger partial charge >= 0.3 is 0 Å². The van der Waals surface area contributed by atoms with Crippen molar-refractivity contribution in [2.45, 2.75) is 18.4 Å². The Morgan fingerprint density at radius 2 is 1.68 bits per heavy atom. The normalized spacial score (nSPS) is 11.4. The zero-order chi connectivity index (χ0) is 18.4. The third-order valence-electron chi connectivity index (χ3n) is 3.74. The van der Waals surface area contributed by atoms with Crippen molar-refractivity contribution < 1.29 is 17.9 Å². The minimum atomic E-state index is -3.69. The molecule has 0 unspecified atom stereocenters. The summed E-state index contributed by atoms with van der Waals surface area (Å²) in [6.45, 7) is 1.96. The standard InChI is InChI=1S/C18H22N2O4S/c1-14-4-10-17(11-5-14)25(22,23)20(2)13-18(21)19-12-15-6-8-16(24-3)9-7-15/h4-11H,12-13H2,1-3H3,(H,19,21). The zero-order valence-corrected chi connectivity index (χ0v) is 15.3. The van der Waals surface area contributed by atoms with E-state index in [-0.39, 0.29) is 17.3 Å². The number of sulfonamides is 1. The first-order chi connectivity index (χ1) is 11.8. The molecule has 2 aromatic rings. The van der Waals surface area contributed by atoms with Crippen LogP contribution in [0.2, 0.25) is 0 Å². The topological polar surface area (TPSA) is 75.7 Å². The molecule has 0 atom stereocenters. The smallest absolute Gasteiger partial charge is 0.243 e. The summed E-state index contributed by atoms with van der Waals surface area (Å²) in [5.41, 5.74) is 1.87. The molecule has 2 rings (SSSR count). The molecule has 7 heteroatoms. The van der Waals surface area contributed by atoms with Crippen LogP contribution in [-0.4, -0.2) is 39.3 Å². The lowest BCUT2D eigenvalue weighted by molar-refractivity contribution is -0.121. The van der Waals surface area contributed by atoms with Crippen molar-refractivity contribution in [3.8, 4) is 5.75 Å². The van der Waals surface area contributed by atoms with Gasteiger partial charge in [-0.3, -0.25) is 4.79 Å². The third-order valence-corrected chi connectivity index (χ3v) is 5.56. The van der Waals surface area contributed by atoms with Gasteiger partial charge in [-0.05, 0) is 36.8 Å². The van der Waals surface area contributed by atoms with Crippen LogP contribution in [0.25, 0.3) is 0 Å². The highest BCUT2D eigenvalue weighted by Crippen LogP contribution is 2.15. The molecule has 0 aromatic heterocycles. The minimum Gasteiger partial charge on any atom is -0.497 e. The van der Waals surface area contributed by atoms with Gasteiger partial charge in [0.1, 0.15) is 5.75 Å². The van der Waals surface area contributed by atoms with Gasteiger partial charge in [0.25, 0.3) is 0 Å². The number of nitrogens with zero attached hydrogens (tertiary/aromatic N) is 1. The molecular formula is C18H22N2O4S. The first-order valence-corrected chi connectivity index (χ1v) is 9.19. The van der Waals surface area contributed by atoms with Crippen LogP contribution in [0.4, 0.5) is 0 Å². The number of hydrogen-bond donors (Lipinski definition) is 1. The molecule has 0 heterocycles. The molecular weight excluding hydrogens is 340 g/mol. The summed E-state index contributed by atoms with van der Waals surface area (Å²) in [4.78, 5) is 12.2. The zero-order valence-electron chi connectivity index (χ0n) is 14.5. The Morgan fingerprint density at radius 3 is 2.24 bits per heavy atom. The lowest BCUT2D eigenvalue weighted by Gasteiger charge is -2.17. The molecule has 0 radical (unpaired) electrons. The molecule has 0 spiro atoms. The number of nitrogens with one attached hydrogen (secondary N) is 1. The number of likely N-dealkylation sites (N-methyl/N-ethyl adjacent to an activating group) is 1. The fourth-order valence-electron chi connectivity index (χ4n) is 2.18. The number of aryl methyl sites for hydroxylation is 1. The van der Waals surface area contributed by atoms with E-state index in [1.54, 1.807) is 31.4 Å². The SMILES string of the molecule is COc1ccc(CNC(=O)CN(C)S(=O)(=O)c2ccc(C)cc2)cc1. The summed E-state index contributed by atoms with van der Waals surface area (Å²) in [6.07, 6.45) is 0. The van der Waals surface area contributed by atoms with Gasteiger partial charge in [-0.1, -0.05) is 29.8 Å². The molecule has 0 saturated carbocycles. The van der Waals surface area contributed by atoms with E-state index in [9.17, 15) is 13.2 Å². The Kier molecular flexibility index (Phi) is 6.17. The molecule has 134 valence electrons. The maximum atomic E-state index is 12.5. The van der Waals surface area contributed by atoms with E-state index in [0.29, 0.717) is 6.54 Å². The van der Waals surface area contributed by atoms with Crippen molar-refractivity contribution in [3.05, 3.63) is 59.7 Å². The highest BCUT2D eigenvalue weighted by molar-refractivity contribution is 7.89. The molecule has 0 fully saturated rings. The highest BCUT2D eigenvalue weighted by Gasteiger charge is 2.22. The summed E-state index contributed by atoms with van der Waals surface area (Å²) >= 11 is 0. The van der Waals surface area contributed by atoms with Crippen LogP contribution in [0, 0.1) is 6.92 Å². The molecule has 0 bridgehead atoms. The van der Waals surface area contributed by atoms with Crippen LogP contribution in [0.5, 0.6) is 5.75 Å². The van der Waals surface area contributed by atoms with E-state index < -0.39 is 10.0 Å². The van der Waals surface area contributed by atoms with Gasteiger partial charge in [0.2, 0.25) is 15.9 Å². The molecule has 6 nitrogen and oxygen atoms in total. The van der Waals surface area contributed by atoms with Gasteiger partial charge < -0.3 is 10.1 Å². The average molecular weight is 362 g/mol. The van der Waals surface area contributed by atoms with E-state index in [1.807, 2.05) is 19.1 Å². The summed E-state index contributed by atoms with van der Waals surface area (Å²) in [5.74, 6) is 0.369. The van der Waals surface area contributed by atoms with Gasteiger partial charge in [0.05, 0.1) is 18.6 Å². The molecule has 0 aliphatic heterocycles. The van der Waals surface area contributed by atoms with Crippen LogP contribution in [0.3, 0.4) is 0 Å². The summed E-state index contributed by atoms with van der Waals surface area (Å²) in [7, 11) is -0.711. The molecule has 25 heavy (non-hydrogen) atoms. The maximum absolute atomic E-state index is 12.5. The van der Waals surface area contributed by atoms with E-state index in [1.165, 1.54) is 19.2 Å². The van der Waals surface area contributed by atoms with Gasteiger partial charge in [-0.15, -0.1) is 0 Å². The second kappa shape index (κ2) is 8.13. The van der Waals surface area contributed by atoms with E-state index in [4.69, 9.17) is 4.74 Å². The summed E-state index contributed by atoms with van der Waals surface area (Å²) < 4.78 is 31.0. The van der Waals surface area contributed by atoms with Crippen LogP contribution >= 0.6 is 0 Å². The van der Waals surface area contributed by atoms with Crippen molar-refractivity contribution in [2.24, 2.45) is 0 Å². The van der Waals surface area contributed by atoms with E-state index in [2.05, 4.69) is 5.32 Å². The molecule has 1 N–H and O–H groups in total. The van der Waals surface area contributed by atoms with Crippen molar-refractivity contribution >= 4 is 15.9 Å². The fraction of sp³-hybridized carbons (Fsp3) is 0.278. The van der Waals surface area contributed by atoms with Crippen LogP contribution in [0.15, 0.2) is 53.4 Å². The van der Waals surface area contributed by atoms with Gasteiger partial charge in [-0.2, -0.15) is 4.31 Å². The number of carbonyl (C=O) groups excluding carboxylic acids is 1. The molecule has 0 aliphatic carbocycles. The predicted octanol–water partition coefficient (Wildman–Crippen LogP) is 1.94. The molecule has 1 amide bonds. The highest BCUT2D eigenvalue weighted by atomic mass is 32.2. The number of amides is 1. The van der Waals surface area contributed by atoms with Gasteiger partial charge in [0, 0.05) is 13.6 Å². The predicted molar refractivity (Wildman–Crippen MR) is 95.8 cm³/mol. The van der Waals surface area contributed by atoms with Gasteiger partial charge in [-0.25, -0.2) is 8.42 Å². The molecule has 0 saturated heterocycles. The fourth-order valence-corrected chi connectivity index (χ4v) is 3.30. The van der Waals surface area contributed by atoms with Crippen molar-refractivity contribution in [2.75, 3.05) is 20.7 Å². The lowest BCUT2D eigenvalue weighted by atomic mass is 10.2. The van der Waals surface area contributed by atoms with E-state index >= 15 is 0 Å². The lowest BCUT2D eigenvalue weighted by Crippen LogP contribution is -2.38.